The predicted molar refractivity (Wildman–Crippen MR) is 85.0 cm³/mol. The van der Waals surface area contributed by atoms with Crippen molar-refractivity contribution in [1.82, 2.24) is 5.32 Å². The summed E-state index contributed by atoms with van der Waals surface area (Å²) in [7, 11) is 0. The summed E-state index contributed by atoms with van der Waals surface area (Å²) in [5.74, 6) is 2.00. The maximum absolute atomic E-state index is 9.29. The number of rotatable bonds is 5. The Morgan fingerprint density at radius 3 is 2.60 bits per heavy atom. The second-order valence-corrected chi connectivity index (χ2v) is 6.65. The molecule has 4 atom stereocenters. The summed E-state index contributed by atoms with van der Waals surface area (Å²) < 4.78 is 0. The molecule has 2 nitrogen and oxygen atoms in total. The zero-order chi connectivity index (χ0) is 14.5. The van der Waals surface area contributed by atoms with E-state index in [2.05, 4.69) is 26.1 Å². The molecular weight excluding hydrogens is 246 g/mol. The highest BCUT2D eigenvalue weighted by atomic mass is 16.3. The zero-order valence-corrected chi connectivity index (χ0v) is 13.1. The van der Waals surface area contributed by atoms with E-state index < -0.39 is 0 Å². The van der Waals surface area contributed by atoms with Crippen LogP contribution in [0.2, 0.25) is 0 Å². The fourth-order valence-electron chi connectivity index (χ4n) is 3.31. The van der Waals surface area contributed by atoms with Crippen LogP contribution in [-0.2, 0) is 6.42 Å². The molecule has 0 radical (unpaired) electrons. The number of phenolic OH excluding ortho intramolecular Hbond substituents is 1. The third-order valence-corrected chi connectivity index (χ3v) is 5.01. The average molecular weight is 275 g/mol. The van der Waals surface area contributed by atoms with E-state index in [9.17, 15) is 5.11 Å². The topological polar surface area (TPSA) is 32.3 Å². The van der Waals surface area contributed by atoms with Gasteiger partial charge in [-0.2, -0.15) is 0 Å². The van der Waals surface area contributed by atoms with E-state index in [1.165, 1.54) is 24.8 Å². The Bertz CT molecular complexity index is 400. The van der Waals surface area contributed by atoms with Crippen molar-refractivity contribution in [3.8, 4) is 5.75 Å². The summed E-state index contributed by atoms with van der Waals surface area (Å²) in [5, 5.41) is 13.1. The molecule has 2 rings (SSSR count). The van der Waals surface area contributed by atoms with Crippen molar-refractivity contribution in [2.24, 2.45) is 11.8 Å². The molecule has 0 spiro atoms. The molecule has 1 aliphatic rings. The van der Waals surface area contributed by atoms with E-state index in [1.54, 1.807) is 12.1 Å². The third kappa shape index (κ3) is 4.24. The summed E-state index contributed by atoms with van der Waals surface area (Å²) in [6, 6.07) is 8.84. The first-order valence-corrected chi connectivity index (χ1v) is 8.10. The van der Waals surface area contributed by atoms with Crippen molar-refractivity contribution in [1.29, 1.82) is 0 Å². The second kappa shape index (κ2) is 7.12. The van der Waals surface area contributed by atoms with E-state index in [4.69, 9.17) is 0 Å². The van der Waals surface area contributed by atoms with E-state index in [0.717, 1.165) is 24.7 Å². The number of hydrogen-bond acceptors (Lipinski definition) is 2. The van der Waals surface area contributed by atoms with Gasteiger partial charge in [0.15, 0.2) is 0 Å². The molecule has 0 bridgehead atoms. The first-order valence-electron chi connectivity index (χ1n) is 8.10. The monoisotopic (exact) mass is 275 g/mol. The number of hydrogen-bond donors (Lipinski definition) is 2. The van der Waals surface area contributed by atoms with Gasteiger partial charge in [-0.25, -0.2) is 0 Å². The highest BCUT2D eigenvalue weighted by Gasteiger charge is 2.27. The molecule has 1 saturated carbocycles. The average Bonchev–Trinajstić information content (AvgIpc) is 2.43. The number of aryl methyl sites for hydroxylation is 1. The van der Waals surface area contributed by atoms with Gasteiger partial charge in [0.2, 0.25) is 0 Å². The molecule has 0 heterocycles. The number of nitrogens with one attached hydrogen (secondary N) is 1. The first-order chi connectivity index (χ1) is 9.56. The lowest BCUT2D eigenvalue weighted by molar-refractivity contribution is 0.194. The van der Waals surface area contributed by atoms with Gasteiger partial charge in [-0.1, -0.05) is 38.8 Å². The van der Waals surface area contributed by atoms with Crippen LogP contribution in [-0.4, -0.2) is 17.2 Å². The van der Waals surface area contributed by atoms with Gasteiger partial charge in [-0.05, 0) is 55.7 Å². The van der Waals surface area contributed by atoms with E-state index >= 15 is 0 Å². The second-order valence-electron chi connectivity index (χ2n) is 6.65. The first kappa shape index (κ1) is 15.4. The Labute approximate surface area is 123 Å². The fourth-order valence-corrected chi connectivity index (χ4v) is 3.31. The summed E-state index contributed by atoms with van der Waals surface area (Å²) in [6.07, 6.45) is 6.32. The van der Waals surface area contributed by atoms with Crippen LogP contribution >= 0.6 is 0 Å². The van der Waals surface area contributed by atoms with Crippen LogP contribution in [0.1, 0.15) is 52.0 Å². The van der Waals surface area contributed by atoms with Crippen LogP contribution in [0.25, 0.3) is 0 Å². The van der Waals surface area contributed by atoms with Crippen molar-refractivity contribution in [3.05, 3.63) is 29.8 Å². The maximum Gasteiger partial charge on any atom is 0.115 e. The number of phenols is 1. The fraction of sp³-hybridized carbons (Fsp3) is 0.667. The molecule has 0 saturated heterocycles. The van der Waals surface area contributed by atoms with Gasteiger partial charge in [0.1, 0.15) is 5.75 Å². The van der Waals surface area contributed by atoms with Crippen LogP contribution in [0, 0.1) is 11.8 Å². The zero-order valence-electron chi connectivity index (χ0n) is 13.1. The van der Waals surface area contributed by atoms with E-state index in [-0.39, 0.29) is 0 Å². The summed E-state index contributed by atoms with van der Waals surface area (Å²) >= 11 is 0. The normalized spacial score (nSPS) is 28.2. The van der Waals surface area contributed by atoms with Crippen molar-refractivity contribution in [2.75, 3.05) is 0 Å². The third-order valence-electron chi connectivity index (χ3n) is 5.01. The van der Waals surface area contributed by atoms with Gasteiger partial charge in [-0.3, -0.25) is 0 Å². The Morgan fingerprint density at radius 1 is 1.20 bits per heavy atom. The molecule has 0 unspecified atom stereocenters. The van der Waals surface area contributed by atoms with Crippen molar-refractivity contribution in [2.45, 2.75) is 65.0 Å². The van der Waals surface area contributed by atoms with Crippen molar-refractivity contribution in [3.63, 3.8) is 0 Å². The molecule has 1 aromatic carbocycles. The molecule has 2 N–H and O–H groups in total. The quantitative estimate of drug-likeness (QED) is 0.847. The van der Waals surface area contributed by atoms with Gasteiger partial charge >= 0.3 is 0 Å². The van der Waals surface area contributed by atoms with Crippen LogP contribution in [0.4, 0.5) is 0 Å². The molecule has 1 aromatic rings. The molecular formula is C18H29NO. The highest BCUT2D eigenvalue weighted by Crippen LogP contribution is 2.29. The maximum atomic E-state index is 9.29. The minimum Gasteiger partial charge on any atom is -0.508 e. The van der Waals surface area contributed by atoms with Crippen LogP contribution in [0.3, 0.4) is 0 Å². The SMILES string of the molecule is C[C@H]1[C@@H](N[C@@H](C)CCc2ccc(O)cc2)CCC[C@@H]1C. The van der Waals surface area contributed by atoms with Crippen LogP contribution < -0.4 is 5.32 Å². The van der Waals surface area contributed by atoms with Gasteiger partial charge in [0.25, 0.3) is 0 Å². The van der Waals surface area contributed by atoms with Crippen molar-refractivity contribution < 1.29 is 5.11 Å². The van der Waals surface area contributed by atoms with E-state index in [0.29, 0.717) is 17.8 Å². The smallest absolute Gasteiger partial charge is 0.115 e. The summed E-state index contributed by atoms with van der Waals surface area (Å²) in [6.45, 7) is 7.08. The standard InChI is InChI=1S/C18H29NO/c1-13-5-4-6-18(15(13)3)19-14(2)7-8-16-9-11-17(20)12-10-16/h9-15,18-20H,4-8H2,1-3H3/t13-,14-,15+,18-/m0/s1. The minimum atomic E-state index is 0.352. The number of benzene rings is 1. The molecule has 0 amide bonds. The molecule has 112 valence electrons. The Balaban J connectivity index is 1.77. The van der Waals surface area contributed by atoms with Gasteiger partial charge in [0.05, 0.1) is 0 Å². The molecule has 1 aliphatic carbocycles. The molecule has 20 heavy (non-hydrogen) atoms. The molecule has 0 aliphatic heterocycles. The molecule has 1 fully saturated rings. The Kier molecular flexibility index (Phi) is 5.47. The largest absolute Gasteiger partial charge is 0.508 e. The number of aromatic hydroxyl groups is 1. The van der Waals surface area contributed by atoms with Gasteiger partial charge in [0, 0.05) is 12.1 Å². The lowest BCUT2D eigenvalue weighted by Crippen LogP contribution is -2.44. The molecule has 0 aromatic heterocycles. The lowest BCUT2D eigenvalue weighted by atomic mass is 9.78. The summed E-state index contributed by atoms with van der Waals surface area (Å²) in [5.41, 5.74) is 1.31. The Morgan fingerprint density at radius 2 is 1.90 bits per heavy atom. The molecule has 2 heteroatoms. The van der Waals surface area contributed by atoms with Gasteiger partial charge in [-0.15, -0.1) is 0 Å². The Hall–Kier alpha value is -1.02. The highest BCUT2D eigenvalue weighted by molar-refractivity contribution is 5.25. The van der Waals surface area contributed by atoms with E-state index in [1.807, 2.05) is 12.1 Å². The van der Waals surface area contributed by atoms with Gasteiger partial charge < -0.3 is 10.4 Å². The lowest BCUT2D eigenvalue weighted by Gasteiger charge is -2.36. The predicted octanol–water partition coefficient (Wildman–Crippen LogP) is 4.13. The van der Waals surface area contributed by atoms with Crippen LogP contribution in [0.15, 0.2) is 24.3 Å². The van der Waals surface area contributed by atoms with Crippen LogP contribution in [0.5, 0.6) is 5.75 Å². The summed E-state index contributed by atoms with van der Waals surface area (Å²) in [4.78, 5) is 0. The van der Waals surface area contributed by atoms with Crippen molar-refractivity contribution >= 4 is 0 Å². The minimum absolute atomic E-state index is 0.352.